The molecule has 0 radical (unpaired) electrons. The predicted molar refractivity (Wildman–Crippen MR) is 112 cm³/mol. The van der Waals surface area contributed by atoms with E-state index in [9.17, 15) is 14.4 Å². The Morgan fingerprint density at radius 1 is 1.00 bits per heavy atom. The van der Waals surface area contributed by atoms with Crippen molar-refractivity contribution in [2.45, 2.75) is 19.4 Å². The molecule has 0 unspecified atom stereocenters. The number of amides is 2. The predicted octanol–water partition coefficient (Wildman–Crippen LogP) is 1.88. The number of rotatable bonds is 10. The van der Waals surface area contributed by atoms with Crippen molar-refractivity contribution in [2.75, 3.05) is 32.6 Å². The summed E-state index contributed by atoms with van der Waals surface area (Å²) in [5.41, 5.74) is 1.59. The Balaban J connectivity index is 1.83. The summed E-state index contributed by atoms with van der Waals surface area (Å²) >= 11 is 0. The fourth-order valence-electron chi connectivity index (χ4n) is 2.83. The maximum atomic E-state index is 12.3. The summed E-state index contributed by atoms with van der Waals surface area (Å²) in [4.78, 5) is 38.0. The van der Waals surface area contributed by atoms with Crippen LogP contribution in [0.4, 0.5) is 5.69 Å². The topological polar surface area (TPSA) is 87.7 Å². The van der Waals surface area contributed by atoms with Crippen LogP contribution in [0.2, 0.25) is 0 Å². The molecular formula is C22H27N3O4. The number of nitrogens with zero attached hydrogens (tertiary/aromatic N) is 1. The van der Waals surface area contributed by atoms with Crippen molar-refractivity contribution in [1.29, 1.82) is 0 Å². The van der Waals surface area contributed by atoms with Crippen LogP contribution in [-0.4, -0.2) is 55.8 Å². The van der Waals surface area contributed by atoms with E-state index in [0.29, 0.717) is 17.9 Å². The summed E-state index contributed by atoms with van der Waals surface area (Å²) in [6, 6.07) is 16.0. The summed E-state index contributed by atoms with van der Waals surface area (Å²) in [6.07, 6.45) is 0.432. The first kappa shape index (κ1) is 22.1. The van der Waals surface area contributed by atoms with Gasteiger partial charge in [-0.2, -0.15) is 0 Å². The maximum Gasteiger partial charge on any atom is 0.238 e. The normalized spacial score (nSPS) is 11.6. The van der Waals surface area contributed by atoms with Crippen molar-refractivity contribution in [2.24, 2.45) is 0 Å². The second-order valence-electron chi connectivity index (χ2n) is 6.87. The summed E-state index contributed by atoms with van der Waals surface area (Å²) in [7, 11) is 3.23. The first-order valence-electron chi connectivity index (χ1n) is 9.33. The van der Waals surface area contributed by atoms with E-state index in [1.54, 1.807) is 43.3 Å². The molecule has 1 atom stereocenters. The monoisotopic (exact) mass is 397 g/mol. The van der Waals surface area contributed by atoms with E-state index >= 15 is 0 Å². The molecule has 0 saturated carbocycles. The Labute approximate surface area is 171 Å². The van der Waals surface area contributed by atoms with Gasteiger partial charge in [-0.25, -0.2) is 0 Å². The highest BCUT2D eigenvalue weighted by molar-refractivity contribution is 5.93. The largest absolute Gasteiger partial charge is 0.497 e. The smallest absolute Gasteiger partial charge is 0.238 e. The van der Waals surface area contributed by atoms with Gasteiger partial charge in [-0.15, -0.1) is 0 Å². The van der Waals surface area contributed by atoms with E-state index in [2.05, 4.69) is 10.6 Å². The molecule has 0 aromatic heterocycles. The summed E-state index contributed by atoms with van der Waals surface area (Å²) in [6.45, 7) is 1.50. The van der Waals surface area contributed by atoms with Crippen molar-refractivity contribution in [3.05, 3.63) is 60.2 Å². The number of carbonyl (C=O) groups excluding carboxylic acids is 3. The van der Waals surface area contributed by atoms with Crippen LogP contribution in [-0.2, 0) is 20.8 Å². The molecule has 2 amide bonds. The van der Waals surface area contributed by atoms with Gasteiger partial charge < -0.3 is 15.4 Å². The van der Waals surface area contributed by atoms with Gasteiger partial charge in [0.15, 0.2) is 5.78 Å². The molecule has 29 heavy (non-hydrogen) atoms. The first-order chi connectivity index (χ1) is 13.9. The quantitative estimate of drug-likeness (QED) is 0.639. The molecule has 0 aliphatic carbocycles. The number of carbonyl (C=O) groups is 3. The number of benzene rings is 2. The van der Waals surface area contributed by atoms with Crippen LogP contribution in [0.25, 0.3) is 0 Å². The molecular weight excluding hydrogens is 370 g/mol. The average molecular weight is 397 g/mol. The fraction of sp³-hybridized carbons (Fsp3) is 0.318. The van der Waals surface area contributed by atoms with Gasteiger partial charge in [0, 0.05) is 11.8 Å². The van der Waals surface area contributed by atoms with E-state index in [0.717, 1.165) is 5.56 Å². The SMILES string of the molecule is COc1cccc(NC(=O)CN(C)CC(=O)N[C@@H](Cc2ccccc2)C(C)=O)c1. The number of Topliss-reactive ketones (excluding diaryl/α,β-unsaturated/α-hetero) is 1. The zero-order chi connectivity index (χ0) is 21.2. The Kier molecular flexibility index (Phi) is 8.36. The molecule has 0 aliphatic heterocycles. The van der Waals surface area contributed by atoms with E-state index in [1.807, 2.05) is 30.3 Å². The van der Waals surface area contributed by atoms with Crippen molar-refractivity contribution in [1.82, 2.24) is 10.2 Å². The zero-order valence-corrected chi connectivity index (χ0v) is 17.0. The van der Waals surface area contributed by atoms with E-state index in [4.69, 9.17) is 4.74 Å². The number of nitrogens with one attached hydrogen (secondary N) is 2. The molecule has 0 bridgehead atoms. The maximum absolute atomic E-state index is 12.3. The van der Waals surface area contributed by atoms with Crippen molar-refractivity contribution >= 4 is 23.3 Å². The van der Waals surface area contributed by atoms with Crippen LogP contribution >= 0.6 is 0 Å². The van der Waals surface area contributed by atoms with Crippen LogP contribution in [0.15, 0.2) is 54.6 Å². The number of likely N-dealkylation sites (N-methyl/N-ethyl adjacent to an activating group) is 1. The second-order valence-corrected chi connectivity index (χ2v) is 6.87. The molecule has 2 aromatic carbocycles. The minimum atomic E-state index is -0.594. The van der Waals surface area contributed by atoms with Crippen LogP contribution in [0.1, 0.15) is 12.5 Å². The molecule has 2 aromatic rings. The number of anilines is 1. The van der Waals surface area contributed by atoms with Crippen LogP contribution < -0.4 is 15.4 Å². The highest BCUT2D eigenvalue weighted by atomic mass is 16.5. The van der Waals surface area contributed by atoms with Gasteiger partial charge in [0.2, 0.25) is 11.8 Å². The van der Waals surface area contributed by atoms with Gasteiger partial charge in [0.25, 0.3) is 0 Å². The van der Waals surface area contributed by atoms with Gasteiger partial charge in [-0.1, -0.05) is 36.4 Å². The van der Waals surface area contributed by atoms with Gasteiger partial charge in [0.1, 0.15) is 5.75 Å². The molecule has 2 N–H and O–H groups in total. The van der Waals surface area contributed by atoms with Crippen LogP contribution in [0, 0.1) is 0 Å². The van der Waals surface area contributed by atoms with Crippen molar-refractivity contribution in [3.63, 3.8) is 0 Å². The van der Waals surface area contributed by atoms with Crippen molar-refractivity contribution in [3.8, 4) is 5.75 Å². The highest BCUT2D eigenvalue weighted by Gasteiger charge is 2.19. The summed E-state index contributed by atoms with van der Waals surface area (Å²) in [5.74, 6) is -0.0244. The first-order valence-corrected chi connectivity index (χ1v) is 9.33. The Hall–Kier alpha value is -3.19. The minimum absolute atomic E-state index is 0.00407. The number of hydrogen-bond acceptors (Lipinski definition) is 5. The summed E-state index contributed by atoms with van der Waals surface area (Å²) < 4.78 is 5.13. The van der Waals surface area contributed by atoms with Crippen LogP contribution in [0.5, 0.6) is 5.75 Å². The van der Waals surface area contributed by atoms with E-state index in [1.165, 1.54) is 6.92 Å². The van der Waals surface area contributed by atoms with Crippen molar-refractivity contribution < 1.29 is 19.1 Å². The zero-order valence-electron chi connectivity index (χ0n) is 17.0. The fourth-order valence-corrected chi connectivity index (χ4v) is 2.83. The Bertz CT molecular complexity index is 839. The molecule has 0 spiro atoms. The number of methoxy groups -OCH3 is 1. The Morgan fingerprint density at radius 2 is 1.69 bits per heavy atom. The third-order valence-electron chi connectivity index (χ3n) is 4.29. The lowest BCUT2D eigenvalue weighted by atomic mass is 10.0. The Morgan fingerprint density at radius 3 is 2.34 bits per heavy atom. The lowest BCUT2D eigenvalue weighted by Gasteiger charge is -2.20. The number of ketones is 1. The standard InChI is InChI=1S/C22H27N3O4/c1-16(26)20(12-17-8-5-4-6-9-17)24-22(28)15-25(2)14-21(27)23-18-10-7-11-19(13-18)29-3/h4-11,13,20H,12,14-15H2,1-3H3,(H,23,27)(H,24,28)/t20-/m0/s1. The van der Waals surface area contributed by atoms with Gasteiger partial charge in [-0.05, 0) is 38.1 Å². The third kappa shape index (κ3) is 7.75. The van der Waals surface area contributed by atoms with Gasteiger partial charge in [0.05, 0.1) is 26.2 Å². The number of ether oxygens (including phenoxy) is 1. The minimum Gasteiger partial charge on any atom is -0.497 e. The summed E-state index contributed by atoms with van der Waals surface area (Å²) in [5, 5.41) is 5.52. The van der Waals surface area contributed by atoms with E-state index < -0.39 is 6.04 Å². The lowest BCUT2D eigenvalue weighted by Crippen LogP contribution is -2.46. The molecule has 0 saturated heterocycles. The molecule has 7 nitrogen and oxygen atoms in total. The highest BCUT2D eigenvalue weighted by Crippen LogP contribution is 2.16. The molecule has 0 fully saturated rings. The molecule has 0 heterocycles. The molecule has 0 aliphatic rings. The third-order valence-corrected chi connectivity index (χ3v) is 4.29. The van der Waals surface area contributed by atoms with E-state index in [-0.39, 0.29) is 30.7 Å². The van der Waals surface area contributed by atoms with Gasteiger partial charge in [-0.3, -0.25) is 19.3 Å². The molecule has 154 valence electrons. The lowest BCUT2D eigenvalue weighted by molar-refractivity contribution is -0.128. The molecule has 2 rings (SSSR count). The number of hydrogen-bond donors (Lipinski definition) is 2. The second kappa shape index (κ2) is 11.0. The molecule has 7 heteroatoms. The average Bonchev–Trinajstić information content (AvgIpc) is 2.68. The van der Waals surface area contributed by atoms with Crippen LogP contribution in [0.3, 0.4) is 0 Å². The van der Waals surface area contributed by atoms with Gasteiger partial charge >= 0.3 is 0 Å².